The van der Waals surface area contributed by atoms with Crippen molar-refractivity contribution in [1.29, 1.82) is 0 Å². The number of rotatable bonds is 3. The fraction of sp³-hybridized carbons (Fsp3) is 0.125. The number of nitrogens with one attached hydrogen (secondary N) is 1. The second-order valence-corrected chi connectivity index (χ2v) is 5.49. The molecule has 2 amide bonds. The van der Waals surface area contributed by atoms with Gasteiger partial charge in [-0.15, -0.1) is 0 Å². The highest BCUT2D eigenvalue weighted by Gasteiger charge is 2.14. The van der Waals surface area contributed by atoms with Gasteiger partial charge in [0.05, 0.1) is 15.6 Å². The maximum atomic E-state index is 12.2. The molecule has 0 aliphatic rings. The molecule has 0 heterocycles. The molecule has 6 heteroatoms. The van der Waals surface area contributed by atoms with Crippen molar-refractivity contribution in [2.45, 2.75) is 6.92 Å². The molecule has 22 heavy (non-hydrogen) atoms. The Morgan fingerprint density at radius 3 is 2.05 bits per heavy atom. The van der Waals surface area contributed by atoms with Crippen LogP contribution in [-0.2, 0) is 4.79 Å². The number of halogens is 2. The molecule has 0 atom stereocenters. The minimum atomic E-state index is -0.386. The fourth-order valence-corrected chi connectivity index (χ4v) is 2.43. The summed E-state index contributed by atoms with van der Waals surface area (Å²) in [5.74, 6) is -0.456. The molecule has 0 saturated heterocycles. The van der Waals surface area contributed by atoms with E-state index in [1.54, 1.807) is 49.5 Å². The summed E-state index contributed by atoms with van der Waals surface area (Å²) in [6.45, 7) is 1.48. The van der Waals surface area contributed by atoms with Gasteiger partial charge in [-0.25, -0.2) is 0 Å². The van der Waals surface area contributed by atoms with Crippen molar-refractivity contribution in [3.8, 4) is 0 Å². The highest BCUT2D eigenvalue weighted by atomic mass is 35.5. The van der Waals surface area contributed by atoms with Gasteiger partial charge in [0.2, 0.25) is 5.91 Å². The van der Waals surface area contributed by atoms with Crippen molar-refractivity contribution in [2.24, 2.45) is 0 Å². The first-order chi connectivity index (χ1) is 10.4. The van der Waals surface area contributed by atoms with Gasteiger partial charge >= 0.3 is 0 Å². The Kier molecular flexibility index (Phi) is 5.06. The highest BCUT2D eigenvalue weighted by Crippen LogP contribution is 2.25. The molecule has 4 nitrogen and oxygen atoms in total. The van der Waals surface area contributed by atoms with Crippen LogP contribution in [0.25, 0.3) is 0 Å². The largest absolute Gasteiger partial charge is 0.322 e. The van der Waals surface area contributed by atoms with Gasteiger partial charge in [-0.1, -0.05) is 29.3 Å². The molecule has 0 saturated carbocycles. The summed E-state index contributed by atoms with van der Waals surface area (Å²) >= 11 is 12.0. The fourth-order valence-electron chi connectivity index (χ4n) is 1.86. The van der Waals surface area contributed by atoms with E-state index in [9.17, 15) is 9.59 Å². The zero-order chi connectivity index (χ0) is 16.3. The number of carbonyl (C=O) groups excluding carboxylic acids is 2. The van der Waals surface area contributed by atoms with Gasteiger partial charge in [-0.3, -0.25) is 9.59 Å². The van der Waals surface area contributed by atoms with Crippen molar-refractivity contribution in [2.75, 3.05) is 17.3 Å². The van der Waals surface area contributed by atoms with Crippen LogP contribution in [0.3, 0.4) is 0 Å². The molecule has 1 N–H and O–H groups in total. The lowest BCUT2D eigenvalue weighted by Gasteiger charge is -2.15. The quantitative estimate of drug-likeness (QED) is 0.911. The molecule has 0 aliphatic heterocycles. The monoisotopic (exact) mass is 336 g/mol. The van der Waals surface area contributed by atoms with Crippen LogP contribution in [0.15, 0.2) is 42.5 Å². The van der Waals surface area contributed by atoms with Crippen molar-refractivity contribution >= 4 is 46.4 Å². The van der Waals surface area contributed by atoms with Gasteiger partial charge in [0.25, 0.3) is 5.91 Å². The average Bonchev–Trinajstić information content (AvgIpc) is 2.47. The molecule has 2 aromatic rings. The smallest absolute Gasteiger partial charge is 0.258 e. The van der Waals surface area contributed by atoms with Gasteiger partial charge in [-0.05, 0) is 36.4 Å². The molecule has 2 aromatic carbocycles. The number of carbonyl (C=O) groups is 2. The van der Waals surface area contributed by atoms with Gasteiger partial charge in [0.1, 0.15) is 0 Å². The van der Waals surface area contributed by atoms with E-state index in [1.165, 1.54) is 11.8 Å². The van der Waals surface area contributed by atoms with E-state index < -0.39 is 0 Å². The second-order valence-electron chi connectivity index (χ2n) is 4.68. The summed E-state index contributed by atoms with van der Waals surface area (Å²) < 4.78 is 0. The van der Waals surface area contributed by atoms with Gasteiger partial charge in [0, 0.05) is 25.3 Å². The van der Waals surface area contributed by atoms with E-state index in [0.29, 0.717) is 5.69 Å². The minimum Gasteiger partial charge on any atom is -0.322 e. The first-order valence-electron chi connectivity index (χ1n) is 6.50. The Bertz CT molecular complexity index is 694. The third-order valence-corrected chi connectivity index (χ3v) is 3.80. The molecule has 0 spiro atoms. The predicted molar refractivity (Wildman–Crippen MR) is 89.9 cm³/mol. The standard InChI is InChI=1S/C16H14Cl2N2O2/c1-10(21)20(2)12-8-6-11(7-9-12)19-16(22)15-13(17)4-3-5-14(15)18/h3-9H,1-2H3,(H,19,22). The maximum absolute atomic E-state index is 12.2. The Labute approximate surface area is 138 Å². The lowest BCUT2D eigenvalue weighted by atomic mass is 10.2. The van der Waals surface area contributed by atoms with Crippen molar-refractivity contribution in [3.05, 3.63) is 58.1 Å². The molecule has 0 fully saturated rings. The first kappa shape index (κ1) is 16.3. The van der Waals surface area contributed by atoms with Crippen LogP contribution < -0.4 is 10.2 Å². The molecule has 0 radical (unpaired) electrons. The molecule has 2 rings (SSSR count). The molecule has 0 aliphatic carbocycles. The summed E-state index contributed by atoms with van der Waals surface area (Å²) in [4.78, 5) is 25.0. The van der Waals surface area contributed by atoms with E-state index in [2.05, 4.69) is 5.32 Å². The zero-order valence-electron chi connectivity index (χ0n) is 12.1. The number of anilines is 2. The summed E-state index contributed by atoms with van der Waals surface area (Å²) in [5, 5.41) is 3.30. The third kappa shape index (κ3) is 3.59. The van der Waals surface area contributed by atoms with Gasteiger partial charge < -0.3 is 10.2 Å². The number of hydrogen-bond acceptors (Lipinski definition) is 2. The van der Waals surface area contributed by atoms with Crippen LogP contribution in [0.2, 0.25) is 10.0 Å². The number of amides is 2. The van der Waals surface area contributed by atoms with E-state index in [0.717, 1.165) is 5.69 Å². The van der Waals surface area contributed by atoms with Crippen LogP contribution in [0.4, 0.5) is 11.4 Å². The third-order valence-electron chi connectivity index (χ3n) is 3.17. The first-order valence-corrected chi connectivity index (χ1v) is 7.25. The molecule has 0 unspecified atom stereocenters. The van der Waals surface area contributed by atoms with E-state index in [-0.39, 0.29) is 27.4 Å². The SMILES string of the molecule is CC(=O)N(C)c1ccc(NC(=O)c2c(Cl)cccc2Cl)cc1. The topological polar surface area (TPSA) is 49.4 Å². The number of nitrogens with zero attached hydrogens (tertiary/aromatic N) is 1. The maximum Gasteiger partial charge on any atom is 0.258 e. The Balaban J connectivity index is 2.17. The van der Waals surface area contributed by atoms with Crippen molar-refractivity contribution in [3.63, 3.8) is 0 Å². The van der Waals surface area contributed by atoms with E-state index in [1.807, 2.05) is 0 Å². The minimum absolute atomic E-state index is 0.0698. The molecule has 114 valence electrons. The van der Waals surface area contributed by atoms with Crippen LogP contribution >= 0.6 is 23.2 Å². The Hall–Kier alpha value is -2.04. The molecule has 0 bridgehead atoms. The summed E-state index contributed by atoms with van der Waals surface area (Å²) in [7, 11) is 1.68. The normalized spacial score (nSPS) is 10.2. The van der Waals surface area contributed by atoms with Crippen molar-refractivity contribution in [1.82, 2.24) is 0 Å². The van der Waals surface area contributed by atoms with E-state index >= 15 is 0 Å². The predicted octanol–water partition coefficient (Wildman–Crippen LogP) is 4.23. The Morgan fingerprint density at radius 2 is 1.55 bits per heavy atom. The summed E-state index contributed by atoms with van der Waals surface area (Å²) in [6, 6.07) is 11.8. The molecular weight excluding hydrogens is 323 g/mol. The van der Waals surface area contributed by atoms with Crippen LogP contribution in [0.5, 0.6) is 0 Å². The average molecular weight is 337 g/mol. The van der Waals surface area contributed by atoms with Crippen LogP contribution in [-0.4, -0.2) is 18.9 Å². The highest BCUT2D eigenvalue weighted by molar-refractivity contribution is 6.40. The molecular formula is C16H14Cl2N2O2. The Morgan fingerprint density at radius 1 is 1.00 bits per heavy atom. The summed E-state index contributed by atoms with van der Waals surface area (Å²) in [6.07, 6.45) is 0. The van der Waals surface area contributed by atoms with Gasteiger partial charge in [0.15, 0.2) is 0 Å². The number of benzene rings is 2. The lowest BCUT2D eigenvalue weighted by molar-refractivity contribution is -0.116. The second kappa shape index (κ2) is 6.81. The summed E-state index contributed by atoms with van der Waals surface area (Å²) in [5.41, 5.74) is 1.55. The molecule has 0 aromatic heterocycles. The lowest BCUT2D eigenvalue weighted by Crippen LogP contribution is -2.22. The van der Waals surface area contributed by atoms with Gasteiger partial charge in [-0.2, -0.15) is 0 Å². The van der Waals surface area contributed by atoms with Crippen LogP contribution in [0, 0.1) is 0 Å². The number of hydrogen-bond donors (Lipinski definition) is 1. The van der Waals surface area contributed by atoms with E-state index in [4.69, 9.17) is 23.2 Å². The van der Waals surface area contributed by atoms with Crippen LogP contribution in [0.1, 0.15) is 17.3 Å². The zero-order valence-corrected chi connectivity index (χ0v) is 13.6. The van der Waals surface area contributed by atoms with Crippen molar-refractivity contribution < 1.29 is 9.59 Å².